The molecule has 1 atom stereocenters. The molecular formula is C15H17ClF2N4O2. The van der Waals surface area contributed by atoms with E-state index in [-0.39, 0.29) is 16.8 Å². The van der Waals surface area contributed by atoms with Crippen LogP contribution < -0.4 is 15.5 Å². The first-order valence-electron chi connectivity index (χ1n) is 7.30. The van der Waals surface area contributed by atoms with Gasteiger partial charge in [0.15, 0.2) is 0 Å². The number of aliphatic imine (C=N–C) groups is 1. The highest BCUT2D eigenvalue weighted by Crippen LogP contribution is 2.26. The minimum atomic E-state index is -2.54. The number of hydrogen-bond donors (Lipinski definition) is 2. The Balaban J connectivity index is 1.85. The summed E-state index contributed by atoms with van der Waals surface area (Å²) in [4.78, 5) is 14.1. The Morgan fingerprint density at radius 1 is 1.50 bits per heavy atom. The fraction of sp³-hybridized carbons (Fsp3) is 0.400. The van der Waals surface area contributed by atoms with Gasteiger partial charge in [-0.3, -0.25) is 10.4 Å². The van der Waals surface area contributed by atoms with E-state index in [0.29, 0.717) is 19.5 Å². The minimum Gasteiger partial charge on any atom is -0.486 e. The van der Waals surface area contributed by atoms with E-state index >= 15 is 0 Å². The summed E-state index contributed by atoms with van der Waals surface area (Å²) < 4.78 is 29.2. The van der Waals surface area contributed by atoms with Crippen LogP contribution in [0.5, 0.6) is 5.75 Å². The van der Waals surface area contributed by atoms with Crippen LogP contribution in [0.2, 0.25) is 5.02 Å². The Bertz CT molecular complexity index is 619. The van der Waals surface area contributed by atoms with Gasteiger partial charge in [-0.2, -0.15) is 0 Å². The fourth-order valence-corrected chi connectivity index (χ4v) is 2.27. The first kappa shape index (κ1) is 18.1. The molecular weight excluding hydrogens is 342 g/mol. The maximum Gasteiger partial charge on any atom is 0.272 e. The van der Waals surface area contributed by atoms with Gasteiger partial charge in [0.05, 0.1) is 5.02 Å². The van der Waals surface area contributed by atoms with Crippen molar-refractivity contribution in [2.75, 3.05) is 13.2 Å². The predicted octanol–water partition coefficient (Wildman–Crippen LogP) is 3.07. The summed E-state index contributed by atoms with van der Waals surface area (Å²) >= 11 is 6.02. The Labute approximate surface area is 142 Å². The number of rotatable bonds is 11. The lowest BCUT2D eigenvalue weighted by Crippen LogP contribution is -2.13. The summed E-state index contributed by atoms with van der Waals surface area (Å²) in [6.07, 6.45) is 1.76. The molecule has 0 amide bonds. The number of nitrogens with one attached hydrogen (secondary N) is 2. The normalized spacial score (nSPS) is 16.2. The summed E-state index contributed by atoms with van der Waals surface area (Å²) in [7, 11) is 0. The van der Waals surface area contributed by atoms with E-state index in [1.807, 2.05) is 12.4 Å². The van der Waals surface area contributed by atoms with Crippen molar-refractivity contribution in [3.63, 3.8) is 0 Å². The number of halogens is 3. The molecule has 1 aromatic rings. The molecule has 0 saturated heterocycles. The highest BCUT2D eigenvalue weighted by molar-refractivity contribution is 6.32. The van der Waals surface area contributed by atoms with E-state index in [0.717, 1.165) is 11.1 Å². The predicted molar refractivity (Wildman–Crippen MR) is 88.6 cm³/mol. The van der Waals surface area contributed by atoms with E-state index in [9.17, 15) is 13.7 Å². The number of benzene rings is 1. The van der Waals surface area contributed by atoms with Gasteiger partial charge in [0, 0.05) is 24.6 Å². The van der Waals surface area contributed by atoms with Crippen molar-refractivity contribution in [2.45, 2.75) is 25.4 Å². The Morgan fingerprint density at radius 2 is 2.29 bits per heavy atom. The molecule has 1 unspecified atom stereocenters. The average Bonchev–Trinajstić information content (AvgIpc) is 3.37. The third kappa shape index (κ3) is 6.11. The molecule has 6 nitrogen and oxygen atoms in total. The molecule has 1 aliphatic rings. The van der Waals surface area contributed by atoms with Gasteiger partial charge in [-0.25, -0.2) is 8.78 Å². The van der Waals surface area contributed by atoms with E-state index in [1.165, 1.54) is 0 Å². The number of nitrogens with zero attached hydrogens (tertiary/aromatic N) is 2. The van der Waals surface area contributed by atoms with Crippen molar-refractivity contribution in [3.05, 3.63) is 45.5 Å². The molecule has 1 aromatic carbocycles. The maximum atomic E-state index is 12.1. The molecule has 2 rings (SSSR count). The lowest BCUT2D eigenvalue weighted by Gasteiger charge is -2.10. The fourth-order valence-electron chi connectivity index (χ4n) is 2.01. The number of hydrogen-bond acceptors (Lipinski definition) is 5. The molecule has 0 radical (unpaired) electrons. The topological polar surface area (TPSA) is 75.1 Å². The van der Waals surface area contributed by atoms with Gasteiger partial charge in [0.2, 0.25) is 0 Å². The SMILES string of the molecule is O=NNCC/C(=C/NCc1ccc(OCC(F)F)c(Cl)c1)C1C=N1. The highest BCUT2D eigenvalue weighted by Gasteiger charge is 2.18. The van der Waals surface area contributed by atoms with Crippen molar-refractivity contribution in [1.82, 2.24) is 10.7 Å². The molecule has 1 aliphatic heterocycles. The van der Waals surface area contributed by atoms with Gasteiger partial charge < -0.3 is 10.1 Å². The van der Waals surface area contributed by atoms with Crippen molar-refractivity contribution in [2.24, 2.45) is 10.3 Å². The number of ether oxygens (including phenoxy) is 1. The summed E-state index contributed by atoms with van der Waals surface area (Å²) in [5.74, 6) is 0.232. The van der Waals surface area contributed by atoms with Crippen molar-refractivity contribution >= 4 is 17.8 Å². The zero-order valence-corrected chi connectivity index (χ0v) is 13.5. The molecule has 0 spiro atoms. The second kappa shape index (κ2) is 9.17. The monoisotopic (exact) mass is 358 g/mol. The van der Waals surface area contributed by atoms with Gasteiger partial charge in [0.25, 0.3) is 6.43 Å². The standard InChI is InChI=1S/C15H17ClF2N4O2/c16-12-5-10(1-2-14(12)24-9-15(17)18)6-19-7-11(13-8-20-13)3-4-21-22-23/h1-2,5,7-8,13,15,19H,3-4,6,9H2,(H,21,23)/b11-7-. The van der Waals surface area contributed by atoms with Crippen LogP contribution in [0.4, 0.5) is 8.78 Å². The van der Waals surface area contributed by atoms with E-state index in [2.05, 4.69) is 21.0 Å². The Kier molecular flexibility index (Phi) is 6.92. The molecule has 130 valence electrons. The zero-order valence-electron chi connectivity index (χ0n) is 12.7. The molecule has 24 heavy (non-hydrogen) atoms. The zero-order chi connectivity index (χ0) is 17.4. The van der Waals surface area contributed by atoms with Crippen molar-refractivity contribution < 1.29 is 13.5 Å². The second-order valence-electron chi connectivity index (χ2n) is 5.06. The molecule has 2 N–H and O–H groups in total. The van der Waals surface area contributed by atoms with Crippen molar-refractivity contribution in [1.29, 1.82) is 0 Å². The molecule has 0 aromatic heterocycles. The third-order valence-corrected chi connectivity index (χ3v) is 3.52. The number of alkyl halides is 2. The molecule has 0 aliphatic carbocycles. The Morgan fingerprint density at radius 3 is 2.92 bits per heavy atom. The lowest BCUT2D eigenvalue weighted by atomic mass is 10.1. The largest absolute Gasteiger partial charge is 0.486 e. The van der Waals surface area contributed by atoms with Crippen LogP contribution in [0.3, 0.4) is 0 Å². The summed E-state index contributed by atoms with van der Waals surface area (Å²) in [5, 5.41) is 6.03. The van der Waals surface area contributed by atoms with E-state index < -0.39 is 13.0 Å². The van der Waals surface area contributed by atoms with Crippen LogP contribution in [0, 0.1) is 4.91 Å². The van der Waals surface area contributed by atoms with Gasteiger partial charge >= 0.3 is 0 Å². The van der Waals surface area contributed by atoms with Gasteiger partial charge in [-0.15, -0.1) is 4.91 Å². The first-order valence-corrected chi connectivity index (χ1v) is 7.68. The van der Waals surface area contributed by atoms with Crippen molar-refractivity contribution in [3.8, 4) is 5.75 Å². The smallest absolute Gasteiger partial charge is 0.272 e. The summed E-state index contributed by atoms with van der Waals surface area (Å²) in [5.41, 5.74) is 4.28. The average molecular weight is 359 g/mol. The van der Waals surface area contributed by atoms with Gasteiger partial charge in [0.1, 0.15) is 18.4 Å². The van der Waals surface area contributed by atoms with Crippen LogP contribution in [0.15, 0.2) is 40.3 Å². The quantitative estimate of drug-likeness (QED) is 0.362. The lowest BCUT2D eigenvalue weighted by molar-refractivity contribution is 0.0819. The molecule has 0 bridgehead atoms. The Hall–Kier alpha value is -2.22. The molecule has 9 heteroatoms. The van der Waals surface area contributed by atoms with Gasteiger partial charge in [-0.1, -0.05) is 17.7 Å². The third-order valence-electron chi connectivity index (χ3n) is 3.22. The van der Waals surface area contributed by atoms with Gasteiger partial charge in [-0.05, 0) is 35.9 Å². The molecule has 0 fully saturated rings. The summed E-state index contributed by atoms with van der Waals surface area (Å²) in [6.45, 7) is 0.262. The minimum absolute atomic E-state index is 0.0830. The maximum absolute atomic E-state index is 12.1. The van der Waals surface area contributed by atoms with Crippen LogP contribution in [-0.4, -0.2) is 31.8 Å². The van der Waals surface area contributed by atoms with E-state index in [1.54, 1.807) is 18.2 Å². The number of nitroso groups, excluding NO2 is 1. The van der Waals surface area contributed by atoms with E-state index in [4.69, 9.17) is 16.3 Å². The molecule has 1 heterocycles. The van der Waals surface area contributed by atoms with Crippen LogP contribution in [0.1, 0.15) is 12.0 Å². The summed E-state index contributed by atoms with van der Waals surface area (Å²) in [6, 6.07) is 5.06. The van der Waals surface area contributed by atoms with Crippen LogP contribution in [-0.2, 0) is 6.54 Å². The highest BCUT2D eigenvalue weighted by atomic mass is 35.5. The second-order valence-corrected chi connectivity index (χ2v) is 5.47. The van der Waals surface area contributed by atoms with Crippen LogP contribution in [0.25, 0.3) is 0 Å². The van der Waals surface area contributed by atoms with Crippen LogP contribution >= 0.6 is 11.6 Å². The molecule has 0 saturated carbocycles. The first-order chi connectivity index (χ1) is 11.6.